The summed E-state index contributed by atoms with van der Waals surface area (Å²) in [5, 5.41) is 52.9. The van der Waals surface area contributed by atoms with Gasteiger partial charge in [0.2, 0.25) is 11.8 Å². The molecule has 4 aromatic rings. The van der Waals surface area contributed by atoms with Gasteiger partial charge in [-0.05, 0) is 98.3 Å². The standard InChI is InChI=1S/C46H60N10O15S2/c1-28-21-30(31-7-10-34(29(2)22-31)51-52-35-11-8-32-37(72(66,67)68)23-38(73(69,70)71)44(48)43(32)45(35)64)6-9-33(28)50-46(65)36(5-3-4-12-47)49-39(57)24-53-13-15-54(25-40(58)59)17-19-56(27-42(62)63)20-18-55(16-14-53)26-41(60)61/h6-11,21-23,36,64H,3-5,12-20,24-27,47-48H2,1-2H3,(H,49,57)(H,50,65)(H,58,59)(H,60,61)(H,62,63)(H,66,67,68)(H,69,70,71)/t36-/m1/s1. The van der Waals surface area contributed by atoms with Crippen LogP contribution in [0.15, 0.2) is 74.6 Å². The molecule has 27 heteroatoms. The van der Waals surface area contributed by atoms with Gasteiger partial charge in [0.25, 0.3) is 20.2 Å². The summed E-state index contributed by atoms with van der Waals surface area (Å²) < 4.78 is 67.6. The number of hydrogen-bond donors (Lipinski definition) is 10. The molecule has 0 spiro atoms. The maximum Gasteiger partial charge on any atom is 0.317 e. The van der Waals surface area contributed by atoms with Crippen molar-refractivity contribution in [3.63, 3.8) is 0 Å². The number of carboxylic acid groups (broad SMARTS) is 3. The van der Waals surface area contributed by atoms with Crippen molar-refractivity contribution >= 4 is 83.5 Å². The van der Waals surface area contributed by atoms with Crippen molar-refractivity contribution in [3.8, 4) is 16.9 Å². The molecule has 4 aromatic carbocycles. The predicted octanol–water partition coefficient (Wildman–Crippen LogP) is 2.35. The Balaban J connectivity index is 1.30. The lowest BCUT2D eigenvalue weighted by Crippen LogP contribution is -2.51. The molecule has 1 fully saturated rings. The van der Waals surface area contributed by atoms with Gasteiger partial charge in [-0.1, -0.05) is 18.2 Å². The lowest BCUT2D eigenvalue weighted by molar-refractivity contribution is -0.140. The molecule has 73 heavy (non-hydrogen) atoms. The largest absolute Gasteiger partial charge is 0.505 e. The van der Waals surface area contributed by atoms with Crippen molar-refractivity contribution in [2.24, 2.45) is 16.0 Å². The number of nitrogens with zero attached hydrogens (tertiary/aromatic N) is 6. The predicted molar refractivity (Wildman–Crippen MR) is 267 cm³/mol. The summed E-state index contributed by atoms with van der Waals surface area (Å²) in [6, 6.07) is 12.3. The molecule has 0 aliphatic carbocycles. The number of nitrogens with two attached hydrogens (primary N) is 2. The molecular formula is C46H60N10O15S2. The number of nitrogen functional groups attached to an aromatic ring is 1. The fraction of sp³-hybridized carbons (Fsp3) is 0.413. The monoisotopic (exact) mass is 1060 g/mol. The van der Waals surface area contributed by atoms with E-state index in [1.54, 1.807) is 63.8 Å². The van der Waals surface area contributed by atoms with Crippen LogP contribution in [0, 0.1) is 13.8 Å². The van der Waals surface area contributed by atoms with Crippen molar-refractivity contribution in [2.75, 3.05) is 96.1 Å². The Morgan fingerprint density at radius 3 is 1.58 bits per heavy atom. The van der Waals surface area contributed by atoms with Crippen molar-refractivity contribution in [2.45, 2.75) is 48.9 Å². The van der Waals surface area contributed by atoms with Crippen LogP contribution in [0.2, 0.25) is 0 Å². The molecular weight excluding hydrogens is 997 g/mol. The van der Waals surface area contributed by atoms with E-state index < -0.39 is 82.6 Å². The second-order valence-corrected chi connectivity index (χ2v) is 20.3. The third-order valence-electron chi connectivity index (χ3n) is 12.0. The van der Waals surface area contributed by atoms with E-state index in [1.165, 1.54) is 6.07 Å². The molecule has 0 aromatic heterocycles. The van der Waals surface area contributed by atoms with Crippen molar-refractivity contribution < 1.29 is 70.3 Å². The number of unbranched alkanes of at least 4 members (excludes halogenated alkanes) is 1. The Labute approximate surface area is 420 Å². The molecule has 2 amide bonds. The van der Waals surface area contributed by atoms with Gasteiger partial charge >= 0.3 is 17.9 Å². The summed E-state index contributed by atoms with van der Waals surface area (Å²) in [5.74, 6) is -4.98. The van der Waals surface area contributed by atoms with Gasteiger partial charge in [0.15, 0.2) is 5.75 Å². The third-order valence-corrected chi connectivity index (χ3v) is 13.8. The van der Waals surface area contributed by atoms with Crippen LogP contribution >= 0.6 is 0 Å². The number of phenolic OH excluding ortho intramolecular Hbond substituents is 1. The minimum absolute atomic E-state index is 0.192. The number of rotatable bonds is 20. The maximum atomic E-state index is 13.9. The highest BCUT2D eigenvalue weighted by atomic mass is 32.2. The average molecular weight is 1060 g/mol. The molecule has 0 radical (unpaired) electrons. The van der Waals surface area contributed by atoms with Crippen LogP contribution in [0.5, 0.6) is 5.75 Å². The van der Waals surface area contributed by atoms with Gasteiger partial charge in [0.1, 0.15) is 21.5 Å². The van der Waals surface area contributed by atoms with Crippen LogP contribution in [0.1, 0.15) is 30.4 Å². The Morgan fingerprint density at radius 2 is 1.11 bits per heavy atom. The number of phenols is 1. The number of hydrogen-bond acceptors (Lipinski definition) is 18. The van der Waals surface area contributed by atoms with Gasteiger partial charge < -0.3 is 42.5 Å². The molecule has 1 aliphatic rings. The lowest BCUT2D eigenvalue weighted by atomic mass is 10.00. The third kappa shape index (κ3) is 16.4. The highest BCUT2D eigenvalue weighted by molar-refractivity contribution is 7.87. The number of anilines is 2. The number of carboxylic acids is 3. The minimum Gasteiger partial charge on any atom is -0.505 e. The second-order valence-electron chi connectivity index (χ2n) is 17.5. The molecule has 396 valence electrons. The smallest absolute Gasteiger partial charge is 0.317 e. The first-order valence-corrected chi connectivity index (χ1v) is 25.7. The molecule has 1 saturated heterocycles. The van der Waals surface area contributed by atoms with Crippen molar-refractivity contribution in [1.82, 2.24) is 24.9 Å². The number of aromatic hydroxyl groups is 1. The van der Waals surface area contributed by atoms with E-state index in [1.807, 2.05) is 6.07 Å². The molecule has 0 bridgehead atoms. The zero-order valence-electron chi connectivity index (χ0n) is 40.1. The zero-order valence-corrected chi connectivity index (χ0v) is 41.7. The Morgan fingerprint density at radius 1 is 0.644 bits per heavy atom. The molecule has 0 saturated carbocycles. The van der Waals surface area contributed by atoms with E-state index >= 15 is 0 Å². The first kappa shape index (κ1) is 57.2. The summed E-state index contributed by atoms with van der Waals surface area (Å²) in [5.41, 5.74) is 14.4. The van der Waals surface area contributed by atoms with Gasteiger partial charge in [-0.2, -0.15) is 21.9 Å². The fourth-order valence-corrected chi connectivity index (χ4v) is 9.65. The quantitative estimate of drug-likeness (QED) is 0.0263. The highest BCUT2D eigenvalue weighted by Crippen LogP contribution is 2.44. The Kier molecular flexibility index (Phi) is 19.8. The normalized spacial score (nSPS) is 15.6. The number of aliphatic carboxylic acids is 3. The summed E-state index contributed by atoms with van der Waals surface area (Å²) in [6.07, 6.45) is 1.37. The summed E-state index contributed by atoms with van der Waals surface area (Å²) in [4.78, 5) is 67.3. The van der Waals surface area contributed by atoms with E-state index in [2.05, 4.69) is 20.9 Å². The van der Waals surface area contributed by atoms with E-state index in [0.29, 0.717) is 48.0 Å². The number of nitrogens with one attached hydrogen (secondary N) is 2. The number of aryl methyl sites for hydroxylation is 2. The Bertz CT molecular complexity index is 2940. The van der Waals surface area contributed by atoms with Gasteiger partial charge in [-0.15, -0.1) is 5.11 Å². The first-order valence-electron chi connectivity index (χ1n) is 22.9. The van der Waals surface area contributed by atoms with Crippen molar-refractivity contribution in [1.29, 1.82) is 0 Å². The van der Waals surface area contributed by atoms with Gasteiger partial charge in [0.05, 0.1) is 42.9 Å². The SMILES string of the molecule is Cc1cc(-c2ccc(NC(=O)[C@@H](CCCCN)NC(=O)CN3CCN(CC(=O)O)CCN(CC(=O)O)CCN(CC(=O)O)CC3)c(C)c2)ccc1N=Nc1ccc2c(S(=O)(=O)O)cc(S(=O)(=O)O)c(N)c2c1O. The summed E-state index contributed by atoms with van der Waals surface area (Å²) in [7, 11) is -10.2. The number of amides is 2. The van der Waals surface area contributed by atoms with Crippen LogP contribution in [0.25, 0.3) is 21.9 Å². The molecule has 5 rings (SSSR count). The fourth-order valence-electron chi connectivity index (χ4n) is 8.21. The molecule has 0 unspecified atom stereocenters. The Hall–Kier alpha value is -6.69. The minimum atomic E-state index is -5.10. The van der Waals surface area contributed by atoms with E-state index in [9.17, 15) is 70.3 Å². The van der Waals surface area contributed by atoms with Gasteiger partial charge in [-0.3, -0.25) is 52.7 Å². The zero-order chi connectivity index (χ0) is 53.8. The number of carbonyl (C=O) groups is 5. The molecule has 25 nitrogen and oxygen atoms in total. The van der Waals surface area contributed by atoms with Gasteiger partial charge in [-0.25, -0.2) is 0 Å². The molecule has 1 aliphatic heterocycles. The molecule has 12 N–H and O–H groups in total. The molecule has 1 atom stereocenters. The number of carbonyl (C=O) groups excluding carboxylic acids is 2. The van der Waals surface area contributed by atoms with Crippen LogP contribution < -0.4 is 22.1 Å². The lowest BCUT2D eigenvalue weighted by Gasteiger charge is -2.33. The number of benzene rings is 4. The summed E-state index contributed by atoms with van der Waals surface area (Å²) in [6.45, 7) is 4.44. The summed E-state index contributed by atoms with van der Waals surface area (Å²) >= 11 is 0. The average Bonchev–Trinajstić information content (AvgIpc) is 3.29. The maximum absolute atomic E-state index is 13.9. The first-order chi connectivity index (χ1) is 34.3. The number of fused-ring (bicyclic) bond motifs is 1. The van der Waals surface area contributed by atoms with Crippen LogP contribution in [0.3, 0.4) is 0 Å². The van der Waals surface area contributed by atoms with E-state index in [4.69, 9.17) is 11.5 Å². The van der Waals surface area contributed by atoms with E-state index in [-0.39, 0.29) is 96.0 Å². The van der Waals surface area contributed by atoms with Gasteiger partial charge in [0, 0.05) is 63.4 Å². The topological polar surface area (TPSA) is 389 Å². The van der Waals surface area contributed by atoms with Crippen molar-refractivity contribution in [3.05, 3.63) is 65.7 Å². The van der Waals surface area contributed by atoms with Crippen LogP contribution in [-0.4, -0.2) is 187 Å². The van der Waals surface area contributed by atoms with Crippen LogP contribution in [0.4, 0.5) is 22.7 Å². The highest BCUT2D eigenvalue weighted by Gasteiger charge is 2.28. The molecule has 1 heterocycles. The van der Waals surface area contributed by atoms with E-state index in [0.717, 1.165) is 17.2 Å². The van der Waals surface area contributed by atoms with Crippen LogP contribution in [-0.2, 0) is 44.2 Å². The second kappa shape index (κ2) is 25.3. The number of azo groups is 1.